The molecule has 2 aliphatic rings. The zero-order valence-electron chi connectivity index (χ0n) is 13.3. The van der Waals surface area contributed by atoms with E-state index in [1.807, 2.05) is 0 Å². The minimum atomic E-state index is -3.10. The van der Waals surface area contributed by atoms with Crippen LogP contribution in [-0.2, 0) is 14.8 Å². The van der Waals surface area contributed by atoms with Crippen LogP contribution in [0.25, 0.3) is 0 Å². The molecular formula is C15H23N3O4S. The first-order valence-electron chi connectivity index (χ1n) is 8.05. The maximum absolute atomic E-state index is 11.9. The highest BCUT2D eigenvalue weighted by molar-refractivity contribution is 7.89. The van der Waals surface area contributed by atoms with Gasteiger partial charge in [0.05, 0.1) is 18.0 Å². The number of hydrogen-bond donors (Lipinski definition) is 0. The molecule has 23 heavy (non-hydrogen) atoms. The van der Waals surface area contributed by atoms with Gasteiger partial charge in [-0.15, -0.1) is 0 Å². The second-order valence-electron chi connectivity index (χ2n) is 6.23. The van der Waals surface area contributed by atoms with Crippen LogP contribution < -0.4 is 4.74 Å². The van der Waals surface area contributed by atoms with Gasteiger partial charge in [-0.2, -0.15) is 4.31 Å². The molecule has 0 unspecified atom stereocenters. The Kier molecular flexibility index (Phi) is 4.84. The van der Waals surface area contributed by atoms with Gasteiger partial charge in [0.2, 0.25) is 10.0 Å². The van der Waals surface area contributed by atoms with E-state index in [2.05, 4.69) is 9.97 Å². The molecule has 0 amide bonds. The lowest BCUT2D eigenvalue weighted by Gasteiger charge is -2.52. The molecule has 2 saturated heterocycles. The van der Waals surface area contributed by atoms with E-state index in [-0.39, 0.29) is 11.4 Å². The van der Waals surface area contributed by atoms with E-state index in [9.17, 15) is 8.42 Å². The quantitative estimate of drug-likeness (QED) is 0.770. The lowest BCUT2D eigenvalue weighted by Crippen LogP contribution is -2.66. The Morgan fingerprint density at radius 2 is 2.13 bits per heavy atom. The first-order valence-corrected chi connectivity index (χ1v) is 9.65. The average Bonchev–Trinajstić information content (AvgIpc) is 2.54. The molecular weight excluding hydrogens is 318 g/mol. The second kappa shape index (κ2) is 6.70. The van der Waals surface area contributed by atoms with Gasteiger partial charge in [0, 0.05) is 32.1 Å². The van der Waals surface area contributed by atoms with Gasteiger partial charge in [0.25, 0.3) is 0 Å². The Morgan fingerprint density at radius 3 is 2.83 bits per heavy atom. The summed E-state index contributed by atoms with van der Waals surface area (Å²) in [4.78, 5) is 8.06. The highest BCUT2D eigenvalue weighted by Crippen LogP contribution is 2.39. The summed E-state index contributed by atoms with van der Waals surface area (Å²) in [5, 5.41) is 0. The molecule has 1 spiro atoms. The van der Waals surface area contributed by atoms with Crippen LogP contribution in [0, 0.1) is 5.92 Å². The van der Waals surface area contributed by atoms with E-state index in [0.717, 1.165) is 19.3 Å². The van der Waals surface area contributed by atoms with E-state index in [0.29, 0.717) is 38.2 Å². The molecule has 0 N–H and O–H groups in total. The van der Waals surface area contributed by atoms with Crippen molar-refractivity contribution in [2.45, 2.75) is 31.8 Å². The monoisotopic (exact) mass is 341 g/mol. The van der Waals surface area contributed by atoms with Gasteiger partial charge < -0.3 is 9.47 Å². The predicted molar refractivity (Wildman–Crippen MR) is 84.6 cm³/mol. The number of ether oxygens (including phenoxy) is 2. The number of sulfonamides is 1. The summed E-state index contributed by atoms with van der Waals surface area (Å²) < 4.78 is 36.7. The van der Waals surface area contributed by atoms with Crippen LogP contribution >= 0.6 is 0 Å². The summed E-state index contributed by atoms with van der Waals surface area (Å²) in [7, 11) is -3.10. The second-order valence-corrected chi connectivity index (χ2v) is 8.49. The fourth-order valence-electron chi connectivity index (χ4n) is 3.25. The maximum atomic E-state index is 11.9. The Balaban J connectivity index is 1.46. The summed E-state index contributed by atoms with van der Waals surface area (Å²) in [6, 6.07) is 2.15. The predicted octanol–water partition coefficient (Wildman–Crippen LogP) is 1.08. The van der Waals surface area contributed by atoms with E-state index >= 15 is 0 Å². The number of rotatable bonds is 6. The first kappa shape index (κ1) is 16.6. The highest BCUT2D eigenvalue weighted by Gasteiger charge is 2.50. The van der Waals surface area contributed by atoms with Crippen molar-refractivity contribution in [3.05, 3.63) is 18.5 Å². The molecule has 2 fully saturated rings. The normalized spacial score (nSPS) is 24.3. The summed E-state index contributed by atoms with van der Waals surface area (Å²) in [6.07, 6.45) is 6.10. The van der Waals surface area contributed by atoms with Gasteiger partial charge >= 0.3 is 6.01 Å². The third-order valence-electron chi connectivity index (χ3n) is 4.58. The lowest BCUT2D eigenvalue weighted by molar-refractivity contribution is -0.156. The average molecular weight is 341 g/mol. The Labute approximate surface area is 137 Å². The smallest absolute Gasteiger partial charge is 0.316 e. The molecule has 128 valence electrons. The van der Waals surface area contributed by atoms with E-state index in [4.69, 9.17) is 9.47 Å². The Hall–Kier alpha value is -1.25. The molecule has 0 saturated carbocycles. The van der Waals surface area contributed by atoms with Gasteiger partial charge in [-0.25, -0.2) is 18.4 Å². The van der Waals surface area contributed by atoms with Crippen molar-refractivity contribution in [1.82, 2.24) is 14.3 Å². The molecule has 8 heteroatoms. The van der Waals surface area contributed by atoms with Gasteiger partial charge in [-0.05, 0) is 38.2 Å². The molecule has 0 aromatic carbocycles. The van der Waals surface area contributed by atoms with Crippen LogP contribution in [0.3, 0.4) is 0 Å². The van der Waals surface area contributed by atoms with Crippen molar-refractivity contribution in [1.29, 1.82) is 0 Å². The van der Waals surface area contributed by atoms with Crippen molar-refractivity contribution in [3.8, 4) is 6.01 Å². The summed E-state index contributed by atoms with van der Waals surface area (Å²) in [6.45, 7) is 3.91. The molecule has 0 aliphatic carbocycles. The third kappa shape index (κ3) is 3.81. The van der Waals surface area contributed by atoms with Crippen LogP contribution in [0.15, 0.2) is 18.5 Å². The number of hydrogen-bond acceptors (Lipinski definition) is 6. The largest absolute Gasteiger partial charge is 0.463 e. The van der Waals surface area contributed by atoms with E-state index in [1.165, 1.54) is 4.31 Å². The SMILES string of the molecule is CCS(=O)(=O)N1CC2(C[C@@H](CCOc3ncccn3)CCO2)C1. The molecule has 3 rings (SSSR count). The van der Waals surface area contributed by atoms with Crippen molar-refractivity contribution >= 4 is 10.0 Å². The zero-order valence-corrected chi connectivity index (χ0v) is 14.2. The van der Waals surface area contributed by atoms with Crippen LogP contribution in [0.5, 0.6) is 6.01 Å². The Morgan fingerprint density at radius 1 is 1.39 bits per heavy atom. The minimum absolute atomic E-state index is 0.150. The number of aromatic nitrogens is 2. The molecule has 2 aliphatic heterocycles. The zero-order chi connectivity index (χ0) is 16.3. The fourth-order valence-corrected chi connectivity index (χ4v) is 4.48. The molecule has 3 heterocycles. The van der Waals surface area contributed by atoms with Gasteiger partial charge in [0.15, 0.2) is 0 Å². The topological polar surface area (TPSA) is 81.6 Å². The molecule has 1 atom stereocenters. The van der Waals surface area contributed by atoms with Crippen LogP contribution in [0.2, 0.25) is 0 Å². The first-order chi connectivity index (χ1) is 11.0. The van der Waals surface area contributed by atoms with Gasteiger partial charge in [0.1, 0.15) is 0 Å². The molecule has 0 bridgehead atoms. The van der Waals surface area contributed by atoms with Crippen molar-refractivity contribution in [2.24, 2.45) is 5.92 Å². The summed E-state index contributed by atoms with van der Waals surface area (Å²) in [5.74, 6) is 0.635. The maximum Gasteiger partial charge on any atom is 0.316 e. The van der Waals surface area contributed by atoms with E-state index in [1.54, 1.807) is 25.4 Å². The van der Waals surface area contributed by atoms with Crippen molar-refractivity contribution in [3.63, 3.8) is 0 Å². The van der Waals surface area contributed by atoms with Crippen molar-refractivity contribution in [2.75, 3.05) is 32.1 Å². The highest BCUT2D eigenvalue weighted by atomic mass is 32.2. The standard InChI is InChI=1S/C15H23N3O4S/c1-2-23(19,20)18-11-15(12-18)10-13(5-9-22-15)4-8-21-14-16-6-3-7-17-14/h3,6-7,13H,2,4-5,8-12H2,1H3/t13-/m0/s1. The van der Waals surface area contributed by atoms with Gasteiger partial charge in [-0.3, -0.25) is 0 Å². The third-order valence-corrected chi connectivity index (χ3v) is 6.36. The lowest BCUT2D eigenvalue weighted by atomic mass is 9.80. The summed E-state index contributed by atoms with van der Waals surface area (Å²) >= 11 is 0. The molecule has 1 aromatic heterocycles. The van der Waals surface area contributed by atoms with Crippen LogP contribution in [-0.4, -0.2) is 60.3 Å². The van der Waals surface area contributed by atoms with Gasteiger partial charge in [-0.1, -0.05) is 0 Å². The fraction of sp³-hybridized carbons (Fsp3) is 0.733. The molecule has 7 nitrogen and oxygen atoms in total. The molecule has 0 radical (unpaired) electrons. The molecule has 1 aromatic rings. The van der Waals surface area contributed by atoms with E-state index < -0.39 is 10.0 Å². The van der Waals surface area contributed by atoms with Crippen molar-refractivity contribution < 1.29 is 17.9 Å². The summed E-state index contributed by atoms with van der Waals surface area (Å²) in [5.41, 5.74) is -0.283. The Bertz CT molecular complexity index is 617. The number of nitrogens with zero attached hydrogens (tertiary/aromatic N) is 3. The van der Waals surface area contributed by atoms with Crippen LogP contribution in [0.1, 0.15) is 26.2 Å². The minimum Gasteiger partial charge on any atom is -0.463 e. The van der Waals surface area contributed by atoms with Crippen LogP contribution in [0.4, 0.5) is 0 Å².